The monoisotopic (exact) mass is 302 g/mol. The molecule has 0 aliphatic carbocycles. The third-order valence-electron chi connectivity index (χ3n) is 2.83. The van der Waals surface area contributed by atoms with Gasteiger partial charge in [0.1, 0.15) is 17.3 Å². The van der Waals surface area contributed by atoms with Crippen LogP contribution < -0.4 is 0 Å². The average molecular weight is 302 g/mol. The fourth-order valence-corrected chi connectivity index (χ4v) is 2.03. The van der Waals surface area contributed by atoms with Crippen LogP contribution in [0.15, 0.2) is 45.9 Å². The first-order chi connectivity index (χ1) is 10.1. The second-order valence-electron chi connectivity index (χ2n) is 4.34. The molecule has 2 heterocycles. The summed E-state index contributed by atoms with van der Waals surface area (Å²) in [6, 6.07) is 9.92. The van der Waals surface area contributed by atoms with Gasteiger partial charge in [-0.25, -0.2) is 9.49 Å². The number of furan rings is 1. The first kappa shape index (κ1) is 13.4. The normalized spacial score (nSPS) is 11.3. The zero-order valence-corrected chi connectivity index (χ0v) is 11.9. The number of hydrogen-bond acceptors (Lipinski definition) is 4. The molecule has 0 radical (unpaired) electrons. The molecule has 0 fully saturated rings. The number of aryl methyl sites for hydroxylation is 1. The summed E-state index contributed by atoms with van der Waals surface area (Å²) >= 11 is 5.11. The molecule has 0 bridgehead atoms. The predicted octanol–water partition coefficient (Wildman–Crippen LogP) is 3.53. The van der Waals surface area contributed by atoms with Gasteiger partial charge >= 0.3 is 0 Å². The SMILES string of the molecule is Cc1ccc(/C=N/n2c(-c3ccccc3F)n[nH]c2=S)o1. The van der Waals surface area contributed by atoms with Gasteiger partial charge in [-0.1, -0.05) is 12.1 Å². The topological polar surface area (TPSA) is 59.1 Å². The number of nitrogens with one attached hydrogen (secondary N) is 1. The van der Waals surface area contributed by atoms with Crippen LogP contribution >= 0.6 is 12.2 Å². The molecule has 21 heavy (non-hydrogen) atoms. The van der Waals surface area contributed by atoms with E-state index in [9.17, 15) is 4.39 Å². The Balaban J connectivity index is 2.04. The molecule has 3 rings (SSSR count). The number of halogens is 1. The van der Waals surface area contributed by atoms with Crippen molar-refractivity contribution in [3.8, 4) is 11.4 Å². The minimum absolute atomic E-state index is 0.271. The second-order valence-corrected chi connectivity index (χ2v) is 4.72. The van der Waals surface area contributed by atoms with Crippen LogP contribution in [0.2, 0.25) is 0 Å². The molecule has 0 amide bonds. The number of hydrogen-bond donors (Lipinski definition) is 1. The van der Waals surface area contributed by atoms with Crippen molar-refractivity contribution in [2.45, 2.75) is 6.92 Å². The fraction of sp³-hybridized carbons (Fsp3) is 0.0714. The van der Waals surface area contributed by atoms with Crippen molar-refractivity contribution < 1.29 is 8.81 Å². The van der Waals surface area contributed by atoms with Gasteiger partial charge in [-0.3, -0.25) is 0 Å². The van der Waals surface area contributed by atoms with Crippen LogP contribution in [-0.2, 0) is 0 Å². The smallest absolute Gasteiger partial charge is 0.216 e. The Labute approximate surface area is 124 Å². The lowest BCUT2D eigenvalue weighted by atomic mass is 10.2. The lowest BCUT2D eigenvalue weighted by molar-refractivity contribution is 0.527. The maximum atomic E-state index is 13.9. The van der Waals surface area contributed by atoms with Crippen molar-refractivity contribution in [1.29, 1.82) is 0 Å². The number of aromatic amines is 1. The molecule has 5 nitrogen and oxygen atoms in total. The number of nitrogens with zero attached hydrogens (tertiary/aromatic N) is 3. The molecule has 2 aromatic heterocycles. The molecule has 1 N–H and O–H groups in total. The van der Waals surface area contributed by atoms with Crippen molar-refractivity contribution in [3.63, 3.8) is 0 Å². The highest BCUT2D eigenvalue weighted by molar-refractivity contribution is 7.71. The third kappa shape index (κ3) is 2.68. The summed E-state index contributed by atoms with van der Waals surface area (Å²) in [6.07, 6.45) is 1.50. The summed E-state index contributed by atoms with van der Waals surface area (Å²) in [5.41, 5.74) is 0.317. The third-order valence-corrected chi connectivity index (χ3v) is 3.09. The van der Waals surface area contributed by atoms with E-state index in [2.05, 4.69) is 15.3 Å². The van der Waals surface area contributed by atoms with Crippen molar-refractivity contribution in [3.05, 3.63) is 58.5 Å². The summed E-state index contributed by atoms with van der Waals surface area (Å²) < 4.78 is 20.9. The second kappa shape index (κ2) is 5.45. The Morgan fingerprint density at radius 1 is 1.33 bits per heavy atom. The highest BCUT2D eigenvalue weighted by Gasteiger charge is 2.12. The highest BCUT2D eigenvalue weighted by atomic mass is 32.1. The summed E-state index contributed by atoms with van der Waals surface area (Å²) in [4.78, 5) is 0. The van der Waals surface area contributed by atoms with Crippen LogP contribution in [0.25, 0.3) is 11.4 Å². The summed E-state index contributed by atoms with van der Waals surface area (Å²) in [6.45, 7) is 1.84. The van der Waals surface area contributed by atoms with E-state index in [1.165, 1.54) is 17.0 Å². The van der Waals surface area contributed by atoms with E-state index in [0.29, 0.717) is 17.1 Å². The summed E-state index contributed by atoms with van der Waals surface area (Å²) in [5, 5.41) is 10.8. The van der Waals surface area contributed by atoms with E-state index in [-0.39, 0.29) is 4.77 Å². The Morgan fingerprint density at radius 3 is 2.86 bits per heavy atom. The molecule has 0 aliphatic rings. The van der Waals surface area contributed by atoms with Crippen molar-refractivity contribution >= 4 is 18.4 Å². The minimum Gasteiger partial charge on any atom is -0.460 e. The van der Waals surface area contributed by atoms with E-state index >= 15 is 0 Å². The molecule has 0 aliphatic heterocycles. The molecule has 106 valence electrons. The quantitative estimate of drug-likeness (QED) is 0.595. The van der Waals surface area contributed by atoms with Crippen LogP contribution in [0.5, 0.6) is 0 Å². The molecule has 0 unspecified atom stereocenters. The van der Waals surface area contributed by atoms with Crippen LogP contribution in [0.3, 0.4) is 0 Å². The zero-order chi connectivity index (χ0) is 14.8. The first-order valence-electron chi connectivity index (χ1n) is 6.18. The summed E-state index contributed by atoms with van der Waals surface area (Å²) in [7, 11) is 0. The van der Waals surface area contributed by atoms with Crippen LogP contribution in [-0.4, -0.2) is 21.1 Å². The molecule has 0 saturated carbocycles. The van der Waals surface area contributed by atoms with Crippen molar-refractivity contribution in [2.24, 2.45) is 5.10 Å². The van der Waals surface area contributed by atoms with Gasteiger partial charge in [0.15, 0.2) is 5.82 Å². The number of rotatable bonds is 3. The molecule has 0 saturated heterocycles. The molecular weight excluding hydrogens is 291 g/mol. The van der Waals surface area contributed by atoms with Crippen LogP contribution in [0.1, 0.15) is 11.5 Å². The Morgan fingerprint density at radius 2 is 2.14 bits per heavy atom. The van der Waals surface area contributed by atoms with Gasteiger partial charge < -0.3 is 4.42 Å². The molecule has 7 heteroatoms. The Kier molecular flexibility index (Phi) is 3.49. The van der Waals surface area contributed by atoms with Crippen LogP contribution in [0.4, 0.5) is 4.39 Å². The van der Waals surface area contributed by atoms with Gasteiger partial charge in [0.05, 0.1) is 11.8 Å². The maximum Gasteiger partial charge on any atom is 0.216 e. The first-order valence-corrected chi connectivity index (χ1v) is 6.59. The lowest BCUT2D eigenvalue weighted by Gasteiger charge is -2.01. The lowest BCUT2D eigenvalue weighted by Crippen LogP contribution is -1.96. The average Bonchev–Trinajstić information content (AvgIpc) is 3.04. The van der Waals surface area contributed by atoms with Crippen molar-refractivity contribution in [1.82, 2.24) is 14.9 Å². The van der Waals surface area contributed by atoms with Crippen LogP contribution in [0, 0.1) is 17.5 Å². The molecule has 1 aromatic carbocycles. The standard InChI is InChI=1S/C14H11FN4OS/c1-9-6-7-10(20-9)8-16-19-13(17-18-14(19)21)11-4-2-3-5-12(11)15/h2-8H,1H3,(H,18,21)/b16-8+. The predicted molar refractivity (Wildman–Crippen MR) is 79.2 cm³/mol. The Bertz CT molecular complexity index is 862. The molecule has 0 spiro atoms. The maximum absolute atomic E-state index is 13.9. The van der Waals surface area contributed by atoms with E-state index in [4.69, 9.17) is 16.6 Å². The molecule has 0 atom stereocenters. The number of benzene rings is 1. The van der Waals surface area contributed by atoms with E-state index < -0.39 is 5.82 Å². The molecule has 3 aromatic rings. The minimum atomic E-state index is -0.392. The van der Waals surface area contributed by atoms with Crippen molar-refractivity contribution in [2.75, 3.05) is 0 Å². The fourth-order valence-electron chi connectivity index (χ4n) is 1.85. The van der Waals surface area contributed by atoms with Gasteiger partial charge in [0, 0.05) is 0 Å². The number of H-pyrrole nitrogens is 1. The molecular formula is C14H11FN4OS. The van der Waals surface area contributed by atoms with Gasteiger partial charge in [-0.05, 0) is 43.4 Å². The summed E-state index contributed by atoms with van der Waals surface area (Å²) in [5.74, 6) is 1.27. The number of aromatic nitrogens is 3. The van der Waals surface area contributed by atoms with E-state index in [0.717, 1.165) is 5.76 Å². The largest absolute Gasteiger partial charge is 0.460 e. The van der Waals surface area contributed by atoms with E-state index in [1.54, 1.807) is 24.3 Å². The zero-order valence-electron chi connectivity index (χ0n) is 11.1. The van der Waals surface area contributed by atoms with Gasteiger partial charge in [0.2, 0.25) is 4.77 Å². The van der Waals surface area contributed by atoms with Gasteiger partial charge in [-0.15, -0.1) is 0 Å². The van der Waals surface area contributed by atoms with E-state index in [1.807, 2.05) is 13.0 Å². The Hall–Kier alpha value is -2.54. The highest BCUT2D eigenvalue weighted by Crippen LogP contribution is 2.20. The van der Waals surface area contributed by atoms with Gasteiger partial charge in [0.25, 0.3) is 0 Å². The van der Waals surface area contributed by atoms with Gasteiger partial charge in [-0.2, -0.15) is 14.9 Å².